The second-order valence-corrected chi connectivity index (χ2v) is 24.6. The molecule has 0 fully saturated rings. The number of carbonyl (C=O) groups excluding carboxylic acids is 1. The molecule has 3 atom stereocenters. The van der Waals surface area contributed by atoms with E-state index in [1.165, 1.54) is 180 Å². The molecule has 0 heterocycles. The molecule has 0 aromatic rings. The van der Waals surface area contributed by atoms with E-state index in [0.717, 1.165) is 83.5 Å². The first-order valence-corrected chi connectivity index (χ1v) is 34.1. The normalized spacial score (nSPS) is 14.4. The molecule has 0 aliphatic carbocycles. The third-order valence-electron chi connectivity index (χ3n) is 14.3. The molecular formula is C69H126N2O6P+. The van der Waals surface area contributed by atoms with Crippen molar-refractivity contribution in [2.24, 2.45) is 0 Å². The van der Waals surface area contributed by atoms with E-state index in [-0.39, 0.29) is 19.1 Å². The summed E-state index contributed by atoms with van der Waals surface area (Å²) >= 11 is 0. The number of carbonyl (C=O) groups is 1. The average molecular weight is 1110 g/mol. The Morgan fingerprint density at radius 2 is 0.769 bits per heavy atom. The van der Waals surface area contributed by atoms with E-state index < -0.39 is 20.0 Å². The van der Waals surface area contributed by atoms with Crippen LogP contribution in [-0.4, -0.2) is 73.4 Å². The van der Waals surface area contributed by atoms with Crippen LogP contribution in [0.5, 0.6) is 0 Å². The third-order valence-corrected chi connectivity index (χ3v) is 15.3. The predicted molar refractivity (Wildman–Crippen MR) is 341 cm³/mol. The van der Waals surface area contributed by atoms with E-state index in [2.05, 4.69) is 104 Å². The molecule has 8 nitrogen and oxygen atoms in total. The number of likely N-dealkylation sites (N-methyl/N-ethyl adjacent to an activating group) is 1. The molecule has 0 saturated carbocycles. The molecule has 452 valence electrons. The predicted octanol–water partition coefficient (Wildman–Crippen LogP) is 20.5. The Kier molecular flexibility index (Phi) is 57.1. The number of amides is 1. The maximum absolute atomic E-state index is 13.0. The highest BCUT2D eigenvalue weighted by molar-refractivity contribution is 7.47. The fourth-order valence-electron chi connectivity index (χ4n) is 9.26. The summed E-state index contributed by atoms with van der Waals surface area (Å²) in [5, 5.41) is 14.0. The van der Waals surface area contributed by atoms with E-state index in [0.29, 0.717) is 17.4 Å². The second-order valence-electron chi connectivity index (χ2n) is 23.1. The summed E-state index contributed by atoms with van der Waals surface area (Å²) in [5.74, 6) is -0.181. The monoisotopic (exact) mass is 1110 g/mol. The van der Waals surface area contributed by atoms with Crippen molar-refractivity contribution in [2.75, 3.05) is 40.9 Å². The van der Waals surface area contributed by atoms with Crippen molar-refractivity contribution in [3.05, 3.63) is 97.2 Å². The van der Waals surface area contributed by atoms with Crippen molar-refractivity contribution in [3.8, 4) is 0 Å². The van der Waals surface area contributed by atoms with Crippen LogP contribution >= 0.6 is 7.82 Å². The first-order valence-electron chi connectivity index (χ1n) is 32.6. The van der Waals surface area contributed by atoms with Crippen LogP contribution in [0.4, 0.5) is 0 Å². The topological polar surface area (TPSA) is 105 Å². The van der Waals surface area contributed by atoms with Gasteiger partial charge in [0.25, 0.3) is 0 Å². The number of nitrogens with one attached hydrogen (secondary N) is 1. The van der Waals surface area contributed by atoms with Crippen LogP contribution in [0.15, 0.2) is 97.2 Å². The SMILES string of the molecule is CC/C=C\C/C=C\C/C=C\C/C=C\C/C=C\C/C=C\C/C=C\CCCCCCCCCCCCCC(=O)NC(COP(=O)(O)OCC[N+](C)(C)C)C(O)/C=C/CCCCCCCCCCCCCCCCCCCCCCC. The van der Waals surface area contributed by atoms with Gasteiger partial charge < -0.3 is 19.8 Å². The summed E-state index contributed by atoms with van der Waals surface area (Å²) in [6.07, 6.45) is 85.2. The minimum Gasteiger partial charge on any atom is -0.387 e. The molecular weight excluding hydrogens is 984 g/mol. The van der Waals surface area contributed by atoms with E-state index in [1.807, 2.05) is 27.2 Å². The number of hydrogen-bond donors (Lipinski definition) is 3. The summed E-state index contributed by atoms with van der Waals surface area (Å²) in [6.45, 7) is 4.72. The molecule has 9 heteroatoms. The van der Waals surface area contributed by atoms with Crippen LogP contribution in [-0.2, 0) is 18.4 Å². The smallest absolute Gasteiger partial charge is 0.387 e. The number of aliphatic hydroxyl groups is 1. The molecule has 0 spiro atoms. The summed E-state index contributed by atoms with van der Waals surface area (Å²) in [4.78, 5) is 23.4. The van der Waals surface area contributed by atoms with Crippen LogP contribution in [0.3, 0.4) is 0 Å². The largest absolute Gasteiger partial charge is 0.472 e. The molecule has 0 saturated heterocycles. The Balaban J connectivity index is 4.15. The van der Waals surface area contributed by atoms with Gasteiger partial charge in [0, 0.05) is 6.42 Å². The average Bonchev–Trinajstić information content (AvgIpc) is 3.41. The Hall–Kier alpha value is -2.58. The van der Waals surface area contributed by atoms with Gasteiger partial charge in [0.15, 0.2) is 0 Å². The number of rotatable bonds is 59. The van der Waals surface area contributed by atoms with Gasteiger partial charge in [0.2, 0.25) is 5.91 Å². The van der Waals surface area contributed by atoms with Crippen molar-refractivity contribution in [3.63, 3.8) is 0 Å². The molecule has 0 rings (SSSR count). The molecule has 0 aliphatic heterocycles. The lowest BCUT2D eigenvalue weighted by molar-refractivity contribution is -0.870. The zero-order valence-corrected chi connectivity index (χ0v) is 52.5. The number of quaternary nitrogens is 1. The lowest BCUT2D eigenvalue weighted by Crippen LogP contribution is -2.45. The number of hydrogen-bond acceptors (Lipinski definition) is 5. The zero-order chi connectivity index (χ0) is 57.0. The second kappa shape index (κ2) is 59.1. The number of phosphoric ester groups is 1. The molecule has 0 radical (unpaired) electrons. The molecule has 0 bridgehead atoms. The van der Waals surface area contributed by atoms with Gasteiger partial charge in [-0.2, -0.15) is 0 Å². The zero-order valence-electron chi connectivity index (χ0n) is 51.6. The molecule has 3 unspecified atom stereocenters. The van der Waals surface area contributed by atoms with E-state index >= 15 is 0 Å². The highest BCUT2D eigenvalue weighted by atomic mass is 31.2. The van der Waals surface area contributed by atoms with E-state index in [9.17, 15) is 19.4 Å². The lowest BCUT2D eigenvalue weighted by Gasteiger charge is -2.25. The fourth-order valence-corrected chi connectivity index (χ4v) is 10.00. The third kappa shape index (κ3) is 61.0. The van der Waals surface area contributed by atoms with Crippen LogP contribution in [0.25, 0.3) is 0 Å². The molecule has 0 aromatic heterocycles. The molecule has 78 heavy (non-hydrogen) atoms. The van der Waals surface area contributed by atoms with Gasteiger partial charge >= 0.3 is 7.82 Å². The number of aliphatic hydroxyl groups excluding tert-OH is 1. The van der Waals surface area contributed by atoms with Gasteiger partial charge in [-0.15, -0.1) is 0 Å². The standard InChI is InChI=1S/C69H125N2O6P/c1-6-8-10-12-14-16-18-20-22-24-26-28-30-31-32-33-34-35-36-37-38-39-41-43-45-47-49-51-53-55-57-59-61-63-69(73)70-67(66-77-78(74,75)76-65-64-71(3,4)5)68(72)62-60-58-56-54-52-50-48-46-44-42-40-29-27-25-23-21-19-17-15-13-11-9-7-2/h8,10,14,16,20,22,26,28,31-32,34-35,37-38,60,62,67-68,72H,6-7,9,11-13,15,17-19,21,23-25,27,29-30,33,36,39-59,61,63-66H2,1-5H3,(H-,70,73,74,75)/p+1/b10-8-,16-14-,22-20-,28-26-,32-31-,35-34-,38-37-,62-60+. The lowest BCUT2D eigenvalue weighted by atomic mass is 10.0. The number of unbranched alkanes of at least 4 members (excludes halogenated alkanes) is 32. The highest BCUT2D eigenvalue weighted by Crippen LogP contribution is 2.43. The molecule has 0 aliphatic rings. The van der Waals surface area contributed by atoms with Gasteiger partial charge in [-0.3, -0.25) is 13.8 Å². The Bertz CT molecular complexity index is 1590. The maximum Gasteiger partial charge on any atom is 0.472 e. The molecule has 1 amide bonds. The highest BCUT2D eigenvalue weighted by Gasteiger charge is 2.27. The Morgan fingerprint density at radius 1 is 0.449 bits per heavy atom. The maximum atomic E-state index is 13.0. The Labute approximate surface area is 483 Å². The number of phosphoric acid groups is 1. The van der Waals surface area contributed by atoms with Crippen LogP contribution < -0.4 is 5.32 Å². The van der Waals surface area contributed by atoms with Crippen molar-refractivity contribution >= 4 is 13.7 Å². The Morgan fingerprint density at radius 3 is 1.13 bits per heavy atom. The number of allylic oxidation sites excluding steroid dienone is 15. The van der Waals surface area contributed by atoms with Crippen molar-refractivity contribution in [1.82, 2.24) is 5.32 Å². The molecule has 0 aromatic carbocycles. The van der Waals surface area contributed by atoms with E-state index in [4.69, 9.17) is 9.05 Å². The minimum atomic E-state index is -4.36. The first kappa shape index (κ1) is 75.4. The van der Waals surface area contributed by atoms with Crippen LogP contribution in [0.2, 0.25) is 0 Å². The summed E-state index contributed by atoms with van der Waals surface area (Å²) in [6, 6.07) is -0.855. The van der Waals surface area contributed by atoms with Crippen molar-refractivity contribution in [1.29, 1.82) is 0 Å². The molecule has 3 N–H and O–H groups in total. The van der Waals surface area contributed by atoms with Crippen LogP contribution in [0.1, 0.15) is 284 Å². The fraction of sp³-hybridized carbons (Fsp3) is 0.754. The van der Waals surface area contributed by atoms with Crippen molar-refractivity contribution in [2.45, 2.75) is 296 Å². The summed E-state index contributed by atoms with van der Waals surface area (Å²) in [5.41, 5.74) is 0. The van der Waals surface area contributed by atoms with Gasteiger partial charge in [-0.1, -0.05) is 297 Å². The first-order chi connectivity index (χ1) is 38.0. The van der Waals surface area contributed by atoms with Gasteiger partial charge in [0.1, 0.15) is 13.2 Å². The van der Waals surface area contributed by atoms with Gasteiger partial charge in [-0.05, 0) is 77.0 Å². The van der Waals surface area contributed by atoms with Crippen LogP contribution in [0, 0.1) is 0 Å². The quantitative estimate of drug-likeness (QED) is 0.0243. The minimum absolute atomic E-state index is 0.0576. The van der Waals surface area contributed by atoms with Gasteiger partial charge in [-0.25, -0.2) is 4.57 Å². The number of nitrogens with zero attached hydrogens (tertiary/aromatic N) is 1. The van der Waals surface area contributed by atoms with Crippen molar-refractivity contribution < 1.29 is 32.9 Å². The summed E-state index contributed by atoms with van der Waals surface area (Å²) in [7, 11) is 1.57. The van der Waals surface area contributed by atoms with E-state index in [1.54, 1.807) is 6.08 Å². The summed E-state index contributed by atoms with van der Waals surface area (Å²) < 4.78 is 23.8. The van der Waals surface area contributed by atoms with Gasteiger partial charge in [0.05, 0.1) is 39.9 Å².